The number of hydrogen-bond donors (Lipinski definition) is 0. The molecule has 1 aliphatic rings. The lowest BCUT2D eigenvalue weighted by Crippen LogP contribution is -2.03. The van der Waals surface area contributed by atoms with E-state index in [1.54, 1.807) is 13.2 Å². The molecule has 1 unspecified atom stereocenters. The van der Waals surface area contributed by atoms with Gasteiger partial charge in [-0.3, -0.25) is 4.79 Å². The van der Waals surface area contributed by atoms with Crippen molar-refractivity contribution in [3.63, 3.8) is 0 Å². The van der Waals surface area contributed by atoms with Crippen LogP contribution in [0.4, 0.5) is 0 Å². The molecule has 14 heavy (non-hydrogen) atoms. The average Bonchev–Trinajstić information content (AvgIpc) is 2.43. The summed E-state index contributed by atoms with van der Waals surface area (Å²) in [5, 5.41) is 0.508. The van der Waals surface area contributed by atoms with Crippen LogP contribution in [0.5, 0.6) is 5.75 Å². The van der Waals surface area contributed by atoms with E-state index in [-0.39, 0.29) is 11.7 Å². The Morgan fingerprint density at radius 1 is 1.50 bits per heavy atom. The largest absolute Gasteiger partial charge is 0.497 e. The van der Waals surface area contributed by atoms with Gasteiger partial charge in [0.1, 0.15) is 5.75 Å². The van der Waals surface area contributed by atoms with Crippen molar-refractivity contribution in [3.8, 4) is 5.75 Å². The van der Waals surface area contributed by atoms with Crippen LogP contribution in [0, 0.1) is 5.92 Å². The van der Waals surface area contributed by atoms with Crippen LogP contribution in [-0.4, -0.2) is 12.9 Å². The predicted octanol–water partition coefficient (Wildman–Crippen LogP) is 2.72. The van der Waals surface area contributed by atoms with Crippen LogP contribution >= 0.6 is 11.6 Å². The van der Waals surface area contributed by atoms with Crippen molar-refractivity contribution in [1.82, 2.24) is 0 Å². The molecule has 1 aromatic rings. The number of benzene rings is 1. The van der Waals surface area contributed by atoms with Crippen molar-refractivity contribution in [2.24, 2.45) is 5.92 Å². The highest BCUT2D eigenvalue weighted by Gasteiger charge is 2.29. The molecule has 1 aliphatic carbocycles. The van der Waals surface area contributed by atoms with Gasteiger partial charge in [-0.25, -0.2) is 0 Å². The predicted molar refractivity (Wildman–Crippen MR) is 55.2 cm³/mol. The number of carbonyl (C=O) groups excluding carboxylic acids is 1. The average molecular weight is 211 g/mol. The van der Waals surface area contributed by atoms with Crippen molar-refractivity contribution in [1.29, 1.82) is 0 Å². The number of Topliss-reactive ketones (excluding diaryl/α,β-unsaturated/α-hetero) is 1. The van der Waals surface area contributed by atoms with Crippen molar-refractivity contribution < 1.29 is 9.53 Å². The minimum atomic E-state index is 0.0506. The molecule has 2 rings (SSSR count). The number of halogens is 1. The summed E-state index contributed by atoms with van der Waals surface area (Å²) in [6.45, 7) is 1.92. The van der Waals surface area contributed by atoms with E-state index in [9.17, 15) is 4.79 Å². The number of hydrogen-bond acceptors (Lipinski definition) is 2. The number of methoxy groups -OCH3 is 1. The fourth-order valence-corrected chi connectivity index (χ4v) is 2.18. The molecule has 3 heteroatoms. The first-order valence-corrected chi connectivity index (χ1v) is 4.92. The Kier molecular flexibility index (Phi) is 2.23. The van der Waals surface area contributed by atoms with E-state index in [1.165, 1.54) is 0 Å². The maximum Gasteiger partial charge on any atom is 0.167 e. The first-order valence-electron chi connectivity index (χ1n) is 4.54. The molecule has 74 valence electrons. The van der Waals surface area contributed by atoms with Gasteiger partial charge in [-0.05, 0) is 24.1 Å². The smallest absolute Gasteiger partial charge is 0.167 e. The lowest BCUT2D eigenvalue weighted by molar-refractivity contribution is 0.0946. The minimum absolute atomic E-state index is 0.0506. The van der Waals surface area contributed by atoms with Crippen molar-refractivity contribution >= 4 is 17.4 Å². The first-order chi connectivity index (χ1) is 6.63. The van der Waals surface area contributed by atoms with Gasteiger partial charge in [-0.2, -0.15) is 0 Å². The van der Waals surface area contributed by atoms with Crippen molar-refractivity contribution in [3.05, 3.63) is 28.3 Å². The van der Waals surface area contributed by atoms with Crippen LogP contribution in [0.15, 0.2) is 12.1 Å². The van der Waals surface area contributed by atoms with Gasteiger partial charge in [0.25, 0.3) is 0 Å². The Labute approximate surface area is 87.8 Å². The molecule has 0 aromatic heterocycles. The fraction of sp³-hybridized carbons (Fsp3) is 0.364. The van der Waals surface area contributed by atoms with Crippen LogP contribution in [0.25, 0.3) is 0 Å². The molecule has 0 radical (unpaired) electrons. The molecule has 0 aliphatic heterocycles. The number of carbonyl (C=O) groups is 1. The summed E-state index contributed by atoms with van der Waals surface area (Å²) < 4.78 is 5.10. The van der Waals surface area contributed by atoms with E-state index in [1.807, 2.05) is 13.0 Å². The van der Waals surface area contributed by atoms with E-state index >= 15 is 0 Å². The normalized spacial score (nSPS) is 19.6. The number of ketones is 1. The van der Waals surface area contributed by atoms with Gasteiger partial charge in [0.05, 0.1) is 12.1 Å². The highest BCUT2D eigenvalue weighted by atomic mass is 35.5. The molecule has 0 amide bonds. The zero-order valence-corrected chi connectivity index (χ0v) is 8.89. The third-order valence-corrected chi connectivity index (χ3v) is 2.90. The highest BCUT2D eigenvalue weighted by Crippen LogP contribution is 2.35. The molecule has 0 fully saturated rings. The van der Waals surface area contributed by atoms with Gasteiger partial charge in [0.2, 0.25) is 0 Å². The lowest BCUT2D eigenvalue weighted by Gasteiger charge is -2.04. The molecule has 2 nitrogen and oxygen atoms in total. The topological polar surface area (TPSA) is 26.3 Å². The first kappa shape index (κ1) is 9.53. The van der Waals surface area contributed by atoms with Crippen LogP contribution in [0.3, 0.4) is 0 Å². The standard InChI is InChI=1S/C11H11ClO2/c1-6-3-7-4-8(14-2)5-9(12)10(7)11(6)13/h4-6H,3H2,1-2H3. The number of fused-ring (bicyclic) bond motifs is 1. The monoisotopic (exact) mass is 210 g/mol. The zero-order valence-electron chi connectivity index (χ0n) is 8.13. The molecule has 0 N–H and O–H groups in total. The van der Waals surface area contributed by atoms with Gasteiger partial charge < -0.3 is 4.74 Å². The molecule has 1 atom stereocenters. The molecule has 0 heterocycles. The highest BCUT2D eigenvalue weighted by molar-refractivity contribution is 6.34. The molecule has 0 saturated carbocycles. The summed E-state index contributed by atoms with van der Waals surface area (Å²) in [7, 11) is 1.60. The summed E-state index contributed by atoms with van der Waals surface area (Å²) >= 11 is 6.01. The molecular formula is C11H11ClO2. The van der Waals surface area contributed by atoms with Gasteiger partial charge in [0, 0.05) is 11.5 Å². The van der Waals surface area contributed by atoms with Gasteiger partial charge >= 0.3 is 0 Å². The second kappa shape index (κ2) is 3.28. The van der Waals surface area contributed by atoms with E-state index in [2.05, 4.69) is 0 Å². The Morgan fingerprint density at radius 3 is 2.86 bits per heavy atom. The van der Waals surface area contributed by atoms with E-state index < -0.39 is 0 Å². The Balaban J connectivity index is 2.57. The number of rotatable bonds is 1. The lowest BCUT2D eigenvalue weighted by atomic mass is 10.1. The van der Waals surface area contributed by atoms with Crippen molar-refractivity contribution in [2.75, 3.05) is 7.11 Å². The zero-order chi connectivity index (χ0) is 10.3. The Hall–Kier alpha value is -1.02. The summed E-state index contributed by atoms with van der Waals surface area (Å²) in [5.41, 5.74) is 1.69. The van der Waals surface area contributed by atoms with E-state index in [4.69, 9.17) is 16.3 Å². The SMILES string of the molecule is COc1cc(Cl)c2c(c1)CC(C)C2=O. The number of ether oxygens (including phenoxy) is 1. The van der Waals surface area contributed by atoms with Crippen LogP contribution in [0.2, 0.25) is 5.02 Å². The van der Waals surface area contributed by atoms with Gasteiger partial charge in [-0.1, -0.05) is 18.5 Å². The Morgan fingerprint density at radius 2 is 2.21 bits per heavy atom. The van der Waals surface area contributed by atoms with Gasteiger partial charge in [-0.15, -0.1) is 0 Å². The quantitative estimate of drug-likeness (QED) is 0.713. The van der Waals surface area contributed by atoms with Crippen LogP contribution < -0.4 is 4.74 Å². The molecule has 0 spiro atoms. The summed E-state index contributed by atoms with van der Waals surface area (Å²) in [6, 6.07) is 3.58. The van der Waals surface area contributed by atoms with Crippen LogP contribution in [0.1, 0.15) is 22.8 Å². The van der Waals surface area contributed by atoms with Crippen molar-refractivity contribution in [2.45, 2.75) is 13.3 Å². The second-order valence-corrected chi connectivity index (χ2v) is 4.02. The Bertz CT molecular complexity index is 399. The third kappa shape index (κ3) is 1.30. The summed E-state index contributed by atoms with van der Waals surface area (Å²) in [6.07, 6.45) is 0.769. The third-order valence-electron chi connectivity index (χ3n) is 2.60. The van der Waals surface area contributed by atoms with Crippen LogP contribution in [-0.2, 0) is 6.42 Å². The summed E-state index contributed by atoms with van der Waals surface area (Å²) in [5.74, 6) is 0.915. The second-order valence-electron chi connectivity index (χ2n) is 3.61. The molecule has 0 bridgehead atoms. The summed E-state index contributed by atoms with van der Waals surface area (Å²) in [4.78, 5) is 11.7. The maximum absolute atomic E-state index is 11.7. The van der Waals surface area contributed by atoms with Gasteiger partial charge in [0.15, 0.2) is 5.78 Å². The van der Waals surface area contributed by atoms with E-state index in [0.29, 0.717) is 10.6 Å². The molecule has 0 saturated heterocycles. The molecular weight excluding hydrogens is 200 g/mol. The van der Waals surface area contributed by atoms with E-state index in [0.717, 1.165) is 17.7 Å². The molecule has 1 aromatic carbocycles. The minimum Gasteiger partial charge on any atom is -0.497 e. The fourth-order valence-electron chi connectivity index (χ4n) is 1.86. The maximum atomic E-state index is 11.7.